The van der Waals surface area contributed by atoms with Gasteiger partial charge in [0.25, 0.3) is 0 Å². The summed E-state index contributed by atoms with van der Waals surface area (Å²) in [5, 5.41) is 0. The minimum absolute atomic E-state index is 0.0735. The maximum absolute atomic E-state index is 12.0. The van der Waals surface area contributed by atoms with Gasteiger partial charge < -0.3 is 5.73 Å². The molecule has 78 valence electrons. The number of hydrogen-bond donors (Lipinski definition) is 1. The van der Waals surface area contributed by atoms with E-state index >= 15 is 0 Å². The molecule has 0 bridgehead atoms. The van der Waals surface area contributed by atoms with Crippen molar-refractivity contribution in [3.05, 3.63) is 22.7 Å². The Bertz CT molecular complexity index is 433. The standard InChI is InChI=1S/C8H9BrFNO2S/c9-7-5-6(11)1-2-8(7)14(12,13)4-3-10/h1-2,5H,3-4,11H2. The molecule has 0 spiro atoms. The molecule has 0 fully saturated rings. The number of halogens is 2. The second-order valence-corrected chi connectivity index (χ2v) is 5.63. The van der Waals surface area contributed by atoms with Gasteiger partial charge in [-0.3, -0.25) is 0 Å². The van der Waals surface area contributed by atoms with E-state index in [0.717, 1.165) is 0 Å². The Balaban J connectivity index is 3.20. The van der Waals surface area contributed by atoms with Crippen molar-refractivity contribution in [2.45, 2.75) is 4.90 Å². The van der Waals surface area contributed by atoms with Crippen molar-refractivity contribution in [3.63, 3.8) is 0 Å². The van der Waals surface area contributed by atoms with Gasteiger partial charge in [0.2, 0.25) is 0 Å². The van der Waals surface area contributed by atoms with Crippen LogP contribution in [0.15, 0.2) is 27.6 Å². The molecule has 1 rings (SSSR count). The Morgan fingerprint density at radius 3 is 2.57 bits per heavy atom. The first-order valence-electron chi connectivity index (χ1n) is 3.81. The normalized spacial score (nSPS) is 11.6. The lowest BCUT2D eigenvalue weighted by atomic mass is 10.3. The number of anilines is 1. The molecule has 0 aliphatic rings. The molecule has 0 unspecified atom stereocenters. The molecule has 0 radical (unpaired) electrons. The predicted octanol–water partition coefficient (Wildman–Crippen LogP) is 1.77. The van der Waals surface area contributed by atoms with E-state index in [1.54, 1.807) is 0 Å². The van der Waals surface area contributed by atoms with Crippen LogP contribution in [0, 0.1) is 0 Å². The van der Waals surface area contributed by atoms with E-state index in [1.165, 1.54) is 18.2 Å². The smallest absolute Gasteiger partial charge is 0.182 e. The first-order valence-corrected chi connectivity index (χ1v) is 6.25. The van der Waals surface area contributed by atoms with E-state index in [2.05, 4.69) is 15.9 Å². The molecule has 0 amide bonds. The molecule has 3 nitrogen and oxygen atoms in total. The van der Waals surface area contributed by atoms with E-state index < -0.39 is 22.3 Å². The highest BCUT2D eigenvalue weighted by Crippen LogP contribution is 2.25. The number of nitrogen functional groups attached to an aromatic ring is 1. The number of rotatable bonds is 3. The summed E-state index contributed by atoms with van der Waals surface area (Å²) in [5.74, 6) is -0.504. The van der Waals surface area contributed by atoms with Crippen LogP contribution in [0.2, 0.25) is 0 Å². The number of sulfone groups is 1. The lowest BCUT2D eigenvalue weighted by molar-refractivity contribution is 0.517. The van der Waals surface area contributed by atoms with Gasteiger partial charge in [-0.1, -0.05) is 0 Å². The number of alkyl halides is 1. The Hall–Kier alpha value is -0.620. The molecule has 14 heavy (non-hydrogen) atoms. The van der Waals surface area contributed by atoms with Gasteiger partial charge in [-0.15, -0.1) is 0 Å². The van der Waals surface area contributed by atoms with E-state index in [1.807, 2.05) is 0 Å². The van der Waals surface area contributed by atoms with Crippen LogP contribution < -0.4 is 5.73 Å². The third-order valence-electron chi connectivity index (χ3n) is 1.64. The topological polar surface area (TPSA) is 60.2 Å². The molecule has 0 aromatic heterocycles. The molecule has 2 N–H and O–H groups in total. The van der Waals surface area contributed by atoms with E-state index in [4.69, 9.17) is 5.73 Å². The van der Waals surface area contributed by atoms with Crippen LogP contribution in [0.5, 0.6) is 0 Å². The highest BCUT2D eigenvalue weighted by Gasteiger charge is 2.17. The molecule has 0 aliphatic carbocycles. The van der Waals surface area contributed by atoms with Gasteiger partial charge in [0.15, 0.2) is 9.84 Å². The fourth-order valence-corrected chi connectivity index (χ4v) is 3.17. The predicted molar refractivity (Wildman–Crippen MR) is 56.6 cm³/mol. The molecular formula is C8H9BrFNO2S. The Kier molecular flexibility index (Phi) is 3.49. The van der Waals surface area contributed by atoms with Gasteiger partial charge in [-0.2, -0.15) is 0 Å². The summed E-state index contributed by atoms with van der Waals surface area (Å²) in [6.07, 6.45) is 0. The average Bonchev–Trinajstić information content (AvgIpc) is 2.02. The van der Waals surface area contributed by atoms with Crippen LogP contribution in [0.1, 0.15) is 0 Å². The zero-order chi connectivity index (χ0) is 10.8. The molecule has 0 atom stereocenters. The number of benzene rings is 1. The van der Waals surface area contributed by atoms with Crippen molar-refractivity contribution < 1.29 is 12.8 Å². The number of nitrogens with two attached hydrogens (primary N) is 1. The van der Waals surface area contributed by atoms with E-state index in [-0.39, 0.29) is 4.90 Å². The summed E-state index contributed by atoms with van der Waals surface area (Å²) < 4.78 is 35.2. The summed E-state index contributed by atoms with van der Waals surface area (Å²) in [7, 11) is -3.54. The van der Waals surface area contributed by atoms with Crippen LogP contribution >= 0.6 is 15.9 Å². The fourth-order valence-electron chi connectivity index (χ4n) is 0.981. The summed E-state index contributed by atoms with van der Waals surface area (Å²) >= 11 is 3.07. The lowest BCUT2D eigenvalue weighted by Crippen LogP contribution is -2.09. The zero-order valence-corrected chi connectivity index (χ0v) is 9.61. The van der Waals surface area contributed by atoms with Crippen LogP contribution in [0.4, 0.5) is 10.1 Å². The third-order valence-corrected chi connectivity index (χ3v) is 4.27. The van der Waals surface area contributed by atoms with Gasteiger partial charge in [-0.25, -0.2) is 12.8 Å². The van der Waals surface area contributed by atoms with Crippen molar-refractivity contribution >= 4 is 31.5 Å². The average molecular weight is 282 g/mol. The molecule has 0 aliphatic heterocycles. The molecule has 0 saturated carbocycles. The largest absolute Gasteiger partial charge is 0.399 e. The molecular weight excluding hydrogens is 273 g/mol. The zero-order valence-electron chi connectivity index (χ0n) is 7.20. The molecule has 1 aromatic rings. The highest BCUT2D eigenvalue weighted by molar-refractivity contribution is 9.10. The minimum Gasteiger partial charge on any atom is -0.399 e. The van der Waals surface area contributed by atoms with Crippen molar-refractivity contribution in [1.29, 1.82) is 0 Å². The van der Waals surface area contributed by atoms with Crippen molar-refractivity contribution in [2.75, 3.05) is 18.2 Å². The molecule has 6 heteroatoms. The summed E-state index contributed by atoms with van der Waals surface area (Å²) in [4.78, 5) is 0.0735. The van der Waals surface area contributed by atoms with Gasteiger partial charge in [-0.05, 0) is 34.1 Å². The molecule has 0 saturated heterocycles. The maximum atomic E-state index is 12.0. The number of hydrogen-bond acceptors (Lipinski definition) is 3. The Labute approximate surface area is 90.2 Å². The third kappa shape index (κ3) is 2.45. The monoisotopic (exact) mass is 281 g/mol. The summed E-state index contributed by atoms with van der Waals surface area (Å²) in [6.45, 7) is -0.890. The van der Waals surface area contributed by atoms with Crippen LogP contribution in [-0.2, 0) is 9.84 Å². The first-order chi connectivity index (χ1) is 6.47. The second-order valence-electron chi connectivity index (χ2n) is 2.70. The molecule has 0 heterocycles. The maximum Gasteiger partial charge on any atom is 0.182 e. The van der Waals surface area contributed by atoms with Gasteiger partial charge in [0.1, 0.15) is 6.67 Å². The summed E-state index contributed by atoms with van der Waals surface area (Å²) in [5.41, 5.74) is 5.90. The van der Waals surface area contributed by atoms with Crippen molar-refractivity contribution in [1.82, 2.24) is 0 Å². The van der Waals surface area contributed by atoms with Crippen LogP contribution in [0.3, 0.4) is 0 Å². The Morgan fingerprint density at radius 1 is 1.43 bits per heavy atom. The van der Waals surface area contributed by atoms with E-state index in [0.29, 0.717) is 10.2 Å². The minimum atomic E-state index is -3.54. The highest BCUT2D eigenvalue weighted by atomic mass is 79.9. The van der Waals surface area contributed by atoms with E-state index in [9.17, 15) is 12.8 Å². The second kappa shape index (κ2) is 4.27. The van der Waals surface area contributed by atoms with Gasteiger partial charge in [0.05, 0.1) is 10.6 Å². The fraction of sp³-hybridized carbons (Fsp3) is 0.250. The Morgan fingerprint density at radius 2 is 2.07 bits per heavy atom. The SMILES string of the molecule is Nc1ccc(S(=O)(=O)CCF)c(Br)c1. The molecule has 1 aromatic carbocycles. The quantitative estimate of drug-likeness (QED) is 0.859. The van der Waals surface area contributed by atoms with Crippen molar-refractivity contribution in [3.8, 4) is 0 Å². The lowest BCUT2D eigenvalue weighted by Gasteiger charge is -2.05. The van der Waals surface area contributed by atoms with Crippen molar-refractivity contribution in [2.24, 2.45) is 0 Å². The first kappa shape index (κ1) is 11.5. The van der Waals surface area contributed by atoms with Crippen LogP contribution in [0.25, 0.3) is 0 Å². The van der Waals surface area contributed by atoms with Crippen LogP contribution in [-0.4, -0.2) is 20.8 Å². The van der Waals surface area contributed by atoms with Gasteiger partial charge in [0, 0.05) is 10.2 Å². The van der Waals surface area contributed by atoms with Gasteiger partial charge >= 0.3 is 0 Å². The summed E-state index contributed by atoms with van der Waals surface area (Å²) in [6, 6.07) is 4.31.